The molecular weight excluding hydrogens is 366 g/mol. The average molecular weight is 396 g/mol. The fraction of sp³-hybridized carbons (Fsp3) is 0.600. The van der Waals surface area contributed by atoms with Crippen LogP contribution < -0.4 is 16.0 Å². The number of benzene rings is 1. The summed E-state index contributed by atoms with van der Waals surface area (Å²) < 4.78 is 5.54. The van der Waals surface area contributed by atoms with Crippen molar-refractivity contribution < 1.29 is 14.3 Å². The van der Waals surface area contributed by atoms with Crippen LogP contribution in [0, 0.1) is 0 Å². The summed E-state index contributed by atoms with van der Waals surface area (Å²) in [6.45, 7) is 1.53. The number of anilines is 1. The Morgan fingerprint density at radius 1 is 1.07 bits per heavy atom. The molecule has 3 N–H and O–H groups in total. The minimum absolute atomic E-state index is 0. The van der Waals surface area contributed by atoms with Gasteiger partial charge in [0.1, 0.15) is 5.60 Å². The molecule has 1 aliphatic carbocycles. The molecule has 1 heterocycles. The van der Waals surface area contributed by atoms with Crippen LogP contribution in [0.15, 0.2) is 24.3 Å². The Morgan fingerprint density at radius 2 is 1.70 bits per heavy atom. The highest BCUT2D eigenvalue weighted by Gasteiger charge is 2.39. The summed E-state index contributed by atoms with van der Waals surface area (Å²) in [7, 11) is 1.59. The quantitative estimate of drug-likeness (QED) is 0.716. The lowest BCUT2D eigenvalue weighted by atomic mass is 9.91. The summed E-state index contributed by atoms with van der Waals surface area (Å²) in [5.74, 6) is -0.164. The summed E-state index contributed by atoms with van der Waals surface area (Å²) in [6, 6.07) is 7.36. The molecule has 1 saturated carbocycles. The Balaban J connectivity index is 0.00000261. The van der Waals surface area contributed by atoms with Crippen molar-refractivity contribution in [2.24, 2.45) is 0 Å². The molecule has 0 radical (unpaired) electrons. The Labute approximate surface area is 167 Å². The van der Waals surface area contributed by atoms with E-state index < -0.39 is 5.60 Å². The predicted molar refractivity (Wildman–Crippen MR) is 109 cm³/mol. The number of hydrogen-bond acceptors (Lipinski definition) is 4. The minimum Gasteiger partial charge on any atom is -0.368 e. The zero-order chi connectivity index (χ0) is 18.4. The first kappa shape index (κ1) is 21.7. The van der Waals surface area contributed by atoms with E-state index in [4.69, 9.17) is 4.74 Å². The van der Waals surface area contributed by atoms with Crippen LogP contribution in [0.1, 0.15) is 55.3 Å². The molecule has 1 aliphatic heterocycles. The van der Waals surface area contributed by atoms with Gasteiger partial charge in [0.2, 0.25) is 0 Å². The molecule has 6 nitrogen and oxygen atoms in total. The molecule has 0 atom stereocenters. The SMILES string of the molecule is COC1(C(=O)Nc2ccc(C(=O)NC3CCCCC3)cc2)CCNCC1.Cl. The number of carbonyl (C=O) groups excluding carboxylic acids is 2. The number of carbonyl (C=O) groups is 2. The van der Waals surface area contributed by atoms with Gasteiger partial charge in [0.05, 0.1) is 0 Å². The molecule has 27 heavy (non-hydrogen) atoms. The summed E-state index contributed by atoms with van der Waals surface area (Å²) in [5, 5.41) is 9.28. The predicted octanol–water partition coefficient (Wildman–Crippen LogP) is 2.88. The van der Waals surface area contributed by atoms with Crippen LogP contribution in [0.2, 0.25) is 0 Å². The van der Waals surface area contributed by atoms with E-state index in [9.17, 15) is 9.59 Å². The van der Waals surface area contributed by atoms with Gasteiger partial charge in [0.25, 0.3) is 11.8 Å². The van der Waals surface area contributed by atoms with Crippen molar-refractivity contribution >= 4 is 29.9 Å². The van der Waals surface area contributed by atoms with Gasteiger partial charge in [0, 0.05) is 24.4 Å². The van der Waals surface area contributed by atoms with E-state index in [1.165, 1.54) is 19.3 Å². The highest BCUT2D eigenvalue weighted by molar-refractivity contribution is 5.98. The second-order valence-electron chi connectivity index (χ2n) is 7.29. The first-order valence-corrected chi connectivity index (χ1v) is 9.61. The number of rotatable bonds is 5. The lowest BCUT2D eigenvalue weighted by Gasteiger charge is -2.34. The molecule has 0 spiro atoms. The van der Waals surface area contributed by atoms with E-state index in [1.54, 1.807) is 31.4 Å². The van der Waals surface area contributed by atoms with Crippen LogP contribution >= 0.6 is 12.4 Å². The summed E-state index contributed by atoms with van der Waals surface area (Å²) >= 11 is 0. The molecule has 150 valence electrons. The van der Waals surface area contributed by atoms with Crippen LogP contribution in [-0.4, -0.2) is 43.7 Å². The molecule has 1 aromatic carbocycles. The number of nitrogens with one attached hydrogen (secondary N) is 3. The van der Waals surface area contributed by atoms with Gasteiger partial charge in [0.15, 0.2) is 0 Å². The summed E-state index contributed by atoms with van der Waals surface area (Å²) in [4.78, 5) is 25.0. The fourth-order valence-electron chi connectivity index (χ4n) is 3.82. The highest BCUT2D eigenvalue weighted by Crippen LogP contribution is 2.25. The van der Waals surface area contributed by atoms with E-state index in [-0.39, 0.29) is 30.3 Å². The smallest absolute Gasteiger partial charge is 0.256 e. The molecule has 2 fully saturated rings. The molecule has 7 heteroatoms. The normalized spacial score (nSPS) is 19.6. The maximum atomic E-state index is 12.7. The second-order valence-corrected chi connectivity index (χ2v) is 7.29. The number of methoxy groups -OCH3 is 1. The van der Waals surface area contributed by atoms with Crippen LogP contribution in [0.3, 0.4) is 0 Å². The Morgan fingerprint density at radius 3 is 2.30 bits per heavy atom. The minimum atomic E-state index is -0.776. The van der Waals surface area contributed by atoms with E-state index in [1.807, 2.05) is 0 Å². The van der Waals surface area contributed by atoms with E-state index >= 15 is 0 Å². The molecular formula is C20H30ClN3O3. The Hall–Kier alpha value is -1.63. The number of ether oxygens (including phenoxy) is 1. The van der Waals surface area contributed by atoms with Crippen LogP contribution in [0.5, 0.6) is 0 Å². The lowest BCUT2D eigenvalue weighted by Crippen LogP contribution is -2.51. The number of piperidine rings is 1. The molecule has 1 saturated heterocycles. The van der Waals surface area contributed by atoms with Gasteiger partial charge in [-0.1, -0.05) is 19.3 Å². The first-order chi connectivity index (χ1) is 12.6. The molecule has 0 bridgehead atoms. The van der Waals surface area contributed by atoms with Gasteiger partial charge in [-0.3, -0.25) is 9.59 Å². The monoisotopic (exact) mass is 395 g/mol. The van der Waals surface area contributed by atoms with Crippen molar-refractivity contribution in [2.45, 2.75) is 56.6 Å². The van der Waals surface area contributed by atoms with Crippen molar-refractivity contribution in [3.05, 3.63) is 29.8 Å². The Bertz CT molecular complexity index is 624. The van der Waals surface area contributed by atoms with E-state index in [2.05, 4.69) is 16.0 Å². The summed E-state index contributed by atoms with van der Waals surface area (Å²) in [6.07, 6.45) is 7.06. The van der Waals surface area contributed by atoms with Gasteiger partial charge >= 0.3 is 0 Å². The van der Waals surface area contributed by atoms with Gasteiger partial charge in [-0.05, 0) is 63.0 Å². The average Bonchev–Trinajstić information content (AvgIpc) is 2.69. The molecule has 0 aromatic heterocycles. The first-order valence-electron chi connectivity index (χ1n) is 9.61. The van der Waals surface area contributed by atoms with Gasteiger partial charge in [-0.25, -0.2) is 0 Å². The summed E-state index contributed by atoms with van der Waals surface area (Å²) in [5.41, 5.74) is 0.526. The van der Waals surface area contributed by atoms with Crippen molar-refractivity contribution in [1.82, 2.24) is 10.6 Å². The van der Waals surface area contributed by atoms with Crippen molar-refractivity contribution in [3.63, 3.8) is 0 Å². The molecule has 1 aromatic rings. The number of hydrogen-bond donors (Lipinski definition) is 3. The third-order valence-corrected chi connectivity index (χ3v) is 5.56. The van der Waals surface area contributed by atoms with Crippen molar-refractivity contribution in [3.8, 4) is 0 Å². The van der Waals surface area contributed by atoms with Crippen LogP contribution in [0.4, 0.5) is 5.69 Å². The van der Waals surface area contributed by atoms with Crippen LogP contribution in [0.25, 0.3) is 0 Å². The topological polar surface area (TPSA) is 79.5 Å². The standard InChI is InChI=1S/C20H29N3O3.ClH/c1-26-20(11-13-21-14-12-20)19(25)23-17-9-7-15(8-10-17)18(24)22-16-5-3-2-4-6-16;/h7-10,16,21H,2-6,11-14H2,1H3,(H,22,24)(H,23,25);1H. The molecule has 0 unspecified atom stereocenters. The maximum Gasteiger partial charge on any atom is 0.256 e. The Kier molecular flexibility index (Phi) is 8.07. The van der Waals surface area contributed by atoms with E-state index in [0.29, 0.717) is 24.1 Å². The zero-order valence-corrected chi connectivity index (χ0v) is 16.7. The lowest BCUT2D eigenvalue weighted by molar-refractivity contribution is -0.140. The third kappa shape index (κ3) is 5.43. The van der Waals surface area contributed by atoms with Crippen molar-refractivity contribution in [2.75, 3.05) is 25.5 Å². The zero-order valence-electron chi connectivity index (χ0n) is 15.9. The highest BCUT2D eigenvalue weighted by atomic mass is 35.5. The number of halogens is 1. The van der Waals surface area contributed by atoms with E-state index in [0.717, 1.165) is 25.9 Å². The van der Waals surface area contributed by atoms with Gasteiger partial charge in [-0.2, -0.15) is 0 Å². The third-order valence-electron chi connectivity index (χ3n) is 5.56. The van der Waals surface area contributed by atoms with Crippen molar-refractivity contribution in [1.29, 1.82) is 0 Å². The van der Waals surface area contributed by atoms with Crippen LogP contribution in [-0.2, 0) is 9.53 Å². The fourth-order valence-corrected chi connectivity index (χ4v) is 3.82. The number of amides is 2. The second kappa shape index (κ2) is 10.1. The van der Waals surface area contributed by atoms with Gasteiger partial charge < -0.3 is 20.7 Å². The molecule has 3 rings (SSSR count). The maximum absolute atomic E-state index is 12.7. The molecule has 2 aliphatic rings. The largest absolute Gasteiger partial charge is 0.368 e. The van der Waals surface area contributed by atoms with Gasteiger partial charge in [-0.15, -0.1) is 12.4 Å². The molecule has 2 amide bonds.